The van der Waals surface area contributed by atoms with Crippen LogP contribution in [0.4, 0.5) is 0 Å². The van der Waals surface area contributed by atoms with Crippen LogP contribution in [0.25, 0.3) is 76.9 Å². The summed E-state index contributed by atoms with van der Waals surface area (Å²) >= 11 is 0. The summed E-state index contributed by atoms with van der Waals surface area (Å²) in [4.78, 5) is 0. The van der Waals surface area contributed by atoms with Crippen molar-refractivity contribution < 1.29 is 4.42 Å². The molecule has 0 radical (unpaired) electrons. The van der Waals surface area contributed by atoms with E-state index in [1.165, 1.54) is 58.7 Å². The number of fused-ring (bicyclic) bond motifs is 9. The van der Waals surface area contributed by atoms with Crippen molar-refractivity contribution in [2.75, 3.05) is 0 Å². The second kappa shape index (κ2) is 12.8. The maximum absolute atomic E-state index is 7.12. The SMILES string of the molecule is c1ccc([Si](c2ccccc2)(c2ccccc2)c2cccc3oc4c(-n5c6ccccc6c6cc(-n7c8ccccc8c8ccccc87)ccc65)cccc4c23)cc1. The van der Waals surface area contributed by atoms with Gasteiger partial charge in [-0.15, -0.1) is 0 Å². The molecule has 12 aromatic rings. The zero-order chi connectivity index (χ0) is 38.2. The van der Waals surface area contributed by atoms with Gasteiger partial charge in [0, 0.05) is 38.0 Å². The number of aromatic nitrogens is 2. The Morgan fingerprint density at radius 3 is 1.40 bits per heavy atom. The van der Waals surface area contributed by atoms with Crippen molar-refractivity contribution in [1.82, 2.24) is 9.13 Å². The first kappa shape index (κ1) is 32.8. The third kappa shape index (κ3) is 4.61. The molecule has 9 aromatic carbocycles. The van der Waals surface area contributed by atoms with Crippen molar-refractivity contribution in [3.05, 3.63) is 218 Å². The standard InChI is InChI=1S/C54H36N2OSi/c1-4-18-38(19-5-1)58(39-20-6-2-7-21-39,40-22-8-3-9-23-40)52-33-17-32-51-53(52)44-27-16-31-50(54(44)57-51)56-48-30-15-12-26-43(48)45-36-37(34-35-49(45)56)55-46-28-13-10-24-41(46)42-25-11-14-29-47(42)55/h1-36H. The molecule has 0 unspecified atom stereocenters. The lowest BCUT2D eigenvalue weighted by Gasteiger charge is -2.34. The largest absolute Gasteiger partial charge is 0.454 e. The molecule has 0 atom stereocenters. The van der Waals surface area contributed by atoms with Crippen LogP contribution in [0.1, 0.15) is 0 Å². The van der Waals surface area contributed by atoms with Crippen LogP contribution >= 0.6 is 0 Å². The fourth-order valence-electron chi connectivity index (χ4n) is 9.91. The van der Waals surface area contributed by atoms with Gasteiger partial charge in [0.05, 0.1) is 27.8 Å². The maximum Gasteiger partial charge on any atom is 0.180 e. The highest BCUT2D eigenvalue weighted by molar-refractivity contribution is 7.20. The molecule has 0 saturated heterocycles. The minimum absolute atomic E-state index is 0.885. The van der Waals surface area contributed by atoms with Crippen LogP contribution < -0.4 is 20.7 Å². The second-order valence-corrected chi connectivity index (χ2v) is 19.0. The molecular formula is C54H36N2OSi. The van der Waals surface area contributed by atoms with Gasteiger partial charge in [-0.2, -0.15) is 0 Å². The molecule has 3 heterocycles. The molecule has 272 valence electrons. The zero-order valence-electron chi connectivity index (χ0n) is 31.6. The van der Waals surface area contributed by atoms with Crippen LogP contribution in [0.3, 0.4) is 0 Å². The average molecular weight is 757 g/mol. The summed E-state index contributed by atoms with van der Waals surface area (Å²) in [7, 11) is -2.86. The van der Waals surface area contributed by atoms with Crippen LogP contribution in [-0.2, 0) is 0 Å². The molecule has 0 aliphatic carbocycles. The van der Waals surface area contributed by atoms with E-state index in [9.17, 15) is 0 Å². The van der Waals surface area contributed by atoms with Crippen LogP contribution in [-0.4, -0.2) is 17.2 Å². The molecule has 0 aliphatic rings. The minimum Gasteiger partial charge on any atom is -0.454 e. The summed E-state index contributed by atoms with van der Waals surface area (Å²) in [6.07, 6.45) is 0. The third-order valence-corrected chi connectivity index (χ3v) is 17.1. The van der Waals surface area contributed by atoms with E-state index in [4.69, 9.17) is 4.42 Å². The maximum atomic E-state index is 7.12. The quantitative estimate of drug-likeness (QED) is 0.122. The van der Waals surface area contributed by atoms with Crippen LogP contribution in [0, 0.1) is 0 Å². The Morgan fingerprint density at radius 2 is 0.810 bits per heavy atom. The zero-order valence-corrected chi connectivity index (χ0v) is 32.6. The molecular weight excluding hydrogens is 721 g/mol. The predicted molar refractivity (Wildman–Crippen MR) is 246 cm³/mol. The van der Waals surface area contributed by atoms with E-state index in [1.54, 1.807) is 0 Å². The Balaban J connectivity index is 1.14. The van der Waals surface area contributed by atoms with Crippen LogP contribution in [0.15, 0.2) is 223 Å². The number of furan rings is 1. The van der Waals surface area contributed by atoms with E-state index >= 15 is 0 Å². The summed E-state index contributed by atoms with van der Waals surface area (Å²) in [5.41, 5.74) is 8.65. The van der Waals surface area contributed by atoms with Gasteiger partial charge < -0.3 is 13.6 Å². The van der Waals surface area contributed by atoms with Crippen molar-refractivity contribution in [3.8, 4) is 11.4 Å². The first-order chi connectivity index (χ1) is 28.8. The molecule has 0 fully saturated rings. The number of rotatable bonds is 6. The summed E-state index contributed by atoms with van der Waals surface area (Å²) < 4.78 is 11.9. The van der Waals surface area contributed by atoms with Gasteiger partial charge in [-0.25, -0.2) is 0 Å². The van der Waals surface area contributed by atoms with Crippen LogP contribution in [0.5, 0.6) is 0 Å². The van der Waals surface area contributed by atoms with Crippen molar-refractivity contribution in [2.24, 2.45) is 0 Å². The van der Waals surface area contributed by atoms with E-state index in [-0.39, 0.29) is 0 Å². The molecule has 0 N–H and O–H groups in total. The molecule has 58 heavy (non-hydrogen) atoms. The average Bonchev–Trinajstić information content (AvgIpc) is 3.96. The smallest absolute Gasteiger partial charge is 0.180 e. The molecule has 4 heteroatoms. The highest BCUT2D eigenvalue weighted by atomic mass is 28.3. The summed E-state index contributed by atoms with van der Waals surface area (Å²) in [6, 6.07) is 79.9. The first-order valence-corrected chi connectivity index (χ1v) is 21.9. The Kier molecular flexibility index (Phi) is 7.25. The van der Waals surface area contributed by atoms with E-state index in [2.05, 4.69) is 228 Å². The Hall–Kier alpha value is -7.40. The van der Waals surface area contributed by atoms with Crippen molar-refractivity contribution in [3.63, 3.8) is 0 Å². The number of nitrogens with zero attached hydrogens (tertiary/aromatic N) is 2. The predicted octanol–water partition coefficient (Wildman–Crippen LogP) is 11.2. The van der Waals surface area contributed by atoms with Gasteiger partial charge >= 0.3 is 0 Å². The molecule has 0 bridgehead atoms. The number of benzene rings is 9. The Labute approximate surface area is 336 Å². The molecule has 0 amide bonds. The molecule has 3 aromatic heterocycles. The van der Waals surface area contributed by atoms with Gasteiger partial charge in [-0.3, -0.25) is 0 Å². The van der Waals surface area contributed by atoms with Crippen molar-refractivity contribution in [2.45, 2.75) is 0 Å². The molecule has 12 rings (SSSR count). The van der Waals surface area contributed by atoms with E-state index in [1.807, 2.05) is 0 Å². The van der Waals surface area contributed by atoms with Gasteiger partial charge in [-0.1, -0.05) is 170 Å². The number of hydrogen-bond acceptors (Lipinski definition) is 1. The third-order valence-electron chi connectivity index (χ3n) is 12.3. The Bertz CT molecular complexity index is 3360. The Morgan fingerprint density at radius 1 is 0.345 bits per heavy atom. The topological polar surface area (TPSA) is 23.0 Å². The van der Waals surface area contributed by atoms with Gasteiger partial charge in [0.15, 0.2) is 13.7 Å². The van der Waals surface area contributed by atoms with Gasteiger partial charge in [0.1, 0.15) is 5.58 Å². The number of hydrogen-bond donors (Lipinski definition) is 0. The molecule has 0 aliphatic heterocycles. The lowest BCUT2D eigenvalue weighted by molar-refractivity contribution is 0.666. The number of para-hydroxylation sites is 4. The van der Waals surface area contributed by atoms with E-state index < -0.39 is 8.07 Å². The fourth-order valence-corrected chi connectivity index (χ4v) is 14.9. The summed E-state index contributed by atoms with van der Waals surface area (Å²) in [5, 5.41) is 12.6. The van der Waals surface area contributed by atoms with Crippen LogP contribution in [0.2, 0.25) is 0 Å². The second-order valence-electron chi connectivity index (χ2n) is 15.2. The highest BCUT2D eigenvalue weighted by Gasteiger charge is 2.43. The van der Waals surface area contributed by atoms with Crippen molar-refractivity contribution in [1.29, 1.82) is 0 Å². The lowest BCUT2D eigenvalue weighted by atomic mass is 10.1. The lowest BCUT2D eigenvalue weighted by Crippen LogP contribution is -2.74. The fraction of sp³-hybridized carbons (Fsp3) is 0. The van der Waals surface area contributed by atoms with Gasteiger partial charge in [0.25, 0.3) is 0 Å². The first-order valence-electron chi connectivity index (χ1n) is 19.9. The summed E-state index contributed by atoms with van der Waals surface area (Å²) in [5.74, 6) is 0. The van der Waals surface area contributed by atoms with Crippen molar-refractivity contribution >= 4 is 94.4 Å². The highest BCUT2D eigenvalue weighted by Crippen LogP contribution is 2.40. The normalized spacial score (nSPS) is 12.1. The summed E-state index contributed by atoms with van der Waals surface area (Å²) in [6.45, 7) is 0. The molecule has 0 saturated carbocycles. The molecule has 0 spiro atoms. The molecule has 3 nitrogen and oxygen atoms in total. The monoisotopic (exact) mass is 756 g/mol. The van der Waals surface area contributed by atoms with E-state index in [0.717, 1.165) is 39.0 Å². The van der Waals surface area contributed by atoms with E-state index in [0.29, 0.717) is 0 Å². The van der Waals surface area contributed by atoms with Gasteiger partial charge in [-0.05, 0) is 69.3 Å². The van der Waals surface area contributed by atoms with Gasteiger partial charge in [0.2, 0.25) is 0 Å². The minimum atomic E-state index is -2.86.